The highest BCUT2D eigenvalue weighted by atomic mass is 32.2. The third-order valence-electron chi connectivity index (χ3n) is 4.57. The van der Waals surface area contributed by atoms with Crippen molar-refractivity contribution >= 4 is 10.0 Å². The van der Waals surface area contributed by atoms with Crippen LogP contribution in [0.3, 0.4) is 0 Å². The highest BCUT2D eigenvalue weighted by molar-refractivity contribution is 7.89. The van der Waals surface area contributed by atoms with Gasteiger partial charge in [0, 0.05) is 32.4 Å². The first-order valence-electron chi connectivity index (χ1n) is 8.71. The summed E-state index contributed by atoms with van der Waals surface area (Å²) in [6.07, 6.45) is 2.61. The van der Waals surface area contributed by atoms with Crippen molar-refractivity contribution in [3.05, 3.63) is 41.6 Å². The molecule has 8 heteroatoms. The van der Waals surface area contributed by atoms with Crippen LogP contribution in [0.2, 0.25) is 0 Å². The number of aryl methyl sites for hydroxylation is 1. The molecule has 0 fully saturated rings. The summed E-state index contributed by atoms with van der Waals surface area (Å²) in [5.41, 5.74) is 1.18. The molecule has 0 unspecified atom stereocenters. The van der Waals surface area contributed by atoms with Crippen LogP contribution < -0.4 is 4.72 Å². The van der Waals surface area contributed by atoms with E-state index >= 15 is 0 Å². The Morgan fingerprint density at radius 3 is 2.88 bits per heavy atom. The highest BCUT2D eigenvalue weighted by Gasteiger charge is 2.23. The molecule has 138 valence electrons. The van der Waals surface area contributed by atoms with E-state index in [1.807, 2.05) is 36.0 Å². The Balaban J connectivity index is 1.66. The molecule has 2 aromatic heterocycles. The first-order valence-corrected chi connectivity index (χ1v) is 10.4. The molecule has 1 aliphatic rings. The van der Waals surface area contributed by atoms with Crippen molar-refractivity contribution in [1.82, 2.24) is 19.4 Å². The molecular weight excluding hydrogens is 340 g/mol. The maximum Gasteiger partial charge on any atom is 0.211 e. The number of hydrogen-bond donors (Lipinski definition) is 1. The molecule has 1 atom stereocenters. The van der Waals surface area contributed by atoms with Crippen LogP contribution in [0.25, 0.3) is 0 Å². The van der Waals surface area contributed by atoms with Crippen LogP contribution in [0.4, 0.5) is 0 Å². The Morgan fingerprint density at radius 1 is 1.32 bits per heavy atom. The number of nitrogens with zero attached hydrogens (tertiary/aromatic N) is 3. The van der Waals surface area contributed by atoms with Gasteiger partial charge in [0.15, 0.2) is 0 Å². The van der Waals surface area contributed by atoms with Crippen molar-refractivity contribution in [2.24, 2.45) is 5.92 Å². The van der Waals surface area contributed by atoms with Crippen molar-refractivity contribution in [3.8, 4) is 0 Å². The molecule has 3 heterocycles. The van der Waals surface area contributed by atoms with Crippen molar-refractivity contribution in [3.63, 3.8) is 0 Å². The molecule has 0 saturated carbocycles. The van der Waals surface area contributed by atoms with E-state index in [-0.39, 0.29) is 5.75 Å². The number of aromatic nitrogens is 2. The van der Waals surface area contributed by atoms with Gasteiger partial charge < -0.3 is 4.42 Å². The summed E-state index contributed by atoms with van der Waals surface area (Å²) in [4.78, 5) is 2.35. The van der Waals surface area contributed by atoms with Gasteiger partial charge in [0.1, 0.15) is 11.5 Å². The number of fused-ring (bicyclic) bond motifs is 1. The molecule has 0 bridgehead atoms. The Labute approximate surface area is 149 Å². The zero-order valence-electron chi connectivity index (χ0n) is 14.8. The minimum atomic E-state index is -3.14. The summed E-state index contributed by atoms with van der Waals surface area (Å²) < 4.78 is 33.7. The van der Waals surface area contributed by atoms with Gasteiger partial charge >= 0.3 is 0 Å². The molecule has 1 aliphatic heterocycles. The third-order valence-corrected chi connectivity index (χ3v) is 5.97. The zero-order valence-corrected chi connectivity index (χ0v) is 15.6. The summed E-state index contributed by atoms with van der Waals surface area (Å²) >= 11 is 0. The number of sulfonamides is 1. The fraction of sp³-hybridized carbons (Fsp3) is 0.588. The predicted octanol–water partition coefficient (Wildman–Crippen LogP) is 1.75. The molecule has 0 aromatic carbocycles. The molecule has 2 aromatic rings. The van der Waals surface area contributed by atoms with Crippen LogP contribution in [0.1, 0.15) is 30.6 Å². The average Bonchev–Trinajstić information content (AvgIpc) is 3.12. The molecule has 0 spiro atoms. The van der Waals surface area contributed by atoms with Crippen LogP contribution in [0, 0.1) is 12.8 Å². The van der Waals surface area contributed by atoms with E-state index in [1.54, 1.807) is 6.92 Å². The smallest absolute Gasteiger partial charge is 0.211 e. The lowest BCUT2D eigenvalue weighted by atomic mass is 10.1. The lowest BCUT2D eigenvalue weighted by Gasteiger charge is -2.23. The van der Waals surface area contributed by atoms with E-state index in [1.165, 1.54) is 5.69 Å². The van der Waals surface area contributed by atoms with Crippen molar-refractivity contribution in [2.45, 2.75) is 39.9 Å². The minimum absolute atomic E-state index is 0.116. The Hall–Kier alpha value is -1.64. The first kappa shape index (κ1) is 18.2. The lowest BCUT2D eigenvalue weighted by Crippen LogP contribution is -2.32. The third kappa shape index (κ3) is 4.93. The highest BCUT2D eigenvalue weighted by Crippen LogP contribution is 2.20. The Kier molecular flexibility index (Phi) is 5.61. The monoisotopic (exact) mass is 366 g/mol. The van der Waals surface area contributed by atoms with Gasteiger partial charge in [0.25, 0.3) is 0 Å². The number of furan rings is 1. The van der Waals surface area contributed by atoms with Gasteiger partial charge in [0.05, 0.1) is 18.0 Å². The summed E-state index contributed by atoms with van der Waals surface area (Å²) in [6, 6.07) is 6.04. The number of hydrogen-bond acceptors (Lipinski definition) is 5. The van der Waals surface area contributed by atoms with E-state index in [2.05, 4.69) is 14.7 Å². The van der Waals surface area contributed by atoms with E-state index < -0.39 is 10.0 Å². The standard InChI is InChI=1S/C17H26N4O3S/c1-3-25(22,23)19-9-6-15-10-20(13-17-5-4-14(2)24-17)12-16-7-8-18-21(16)11-15/h4-5,7-8,15,19H,3,6,9-13H2,1-2H3/t15-/m1/s1. The van der Waals surface area contributed by atoms with Crippen LogP contribution in [-0.4, -0.2) is 41.9 Å². The summed E-state index contributed by atoms with van der Waals surface area (Å²) in [5.74, 6) is 2.32. The molecule has 3 rings (SSSR count). The van der Waals surface area contributed by atoms with Gasteiger partial charge in [-0.05, 0) is 44.4 Å². The van der Waals surface area contributed by atoms with Crippen molar-refractivity contribution < 1.29 is 12.8 Å². The fourth-order valence-corrected chi connectivity index (χ4v) is 3.87. The van der Waals surface area contributed by atoms with Gasteiger partial charge in [-0.15, -0.1) is 0 Å². The normalized spacial score (nSPS) is 18.9. The zero-order chi connectivity index (χ0) is 17.9. The average molecular weight is 366 g/mol. The molecular formula is C17H26N4O3S. The van der Waals surface area contributed by atoms with Gasteiger partial charge in [-0.2, -0.15) is 5.10 Å². The van der Waals surface area contributed by atoms with Gasteiger partial charge in [-0.25, -0.2) is 13.1 Å². The largest absolute Gasteiger partial charge is 0.465 e. The van der Waals surface area contributed by atoms with Gasteiger partial charge in [-0.3, -0.25) is 9.58 Å². The van der Waals surface area contributed by atoms with E-state index in [9.17, 15) is 8.42 Å². The van der Waals surface area contributed by atoms with Gasteiger partial charge in [-0.1, -0.05) is 0 Å². The molecule has 0 amide bonds. The lowest BCUT2D eigenvalue weighted by molar-refractivity contribution is 0.200. The Bertz CT molecular complexity index is 796. The Morgan fingerprint density at radius 2 is 2.16 bits per heavy atom. The number of rotatable bonds is 7. The van der Waals surface area contributed by atoms with Crippen LogP contribution in [0.5, 0.6) is 0 Å². The van der Waals surface area contributed by atoms with Crippen molar-refractivity contribution in [2.75, 3.05) is 18.8 Å². The molecule has 7 nitrogen and oxygen atoms in total. The predicted molar refractivity (Wildman–Crippen MR) is 95.4 cm³/mol. The van der Waals surface area contributed by atoms with E-state index in [0.717, 1.165) is 44.1 Å². The first-order chi connectivity index (χ1) is 11.9. The topological polar surface area (TPSA) is 80.4 Å². The maximum absolute atomic E-state index is 11.6. The fourth-order valence-electron chi connectivity index (χ4n) is 3.23. The van der Waals surface area contributed by atoms with E-state index in [0.29, 0.717) is 12.5 Å². The van der Waals surface area contributed by atoms with Crippen LogP contribution in [0.15, 0.2) is 28.8 Å². The van der Waals surface area contributed by atoms with E-state index in [4.69, 9.17) is 4.42 Å². The maximum atomic E-state index is 11.6. The minimum Gasteiger partial charge on any atom is -0.465 e. The summed E-state index contributed by atoms with van der Waals surface area (Å²) in [7, 11) is -3.14. The summed E-state index contributed by atoms with van der Waals surface area (Å²) in [6.45, 7) is 7.32. The van der Waals surface area contributed by atoms with Gasteiger partial charge in [0.2, 0.25) is 10.0 Å². The van der Waals surface area contributed by atoms with Crippen LogP contribution >= 0.6 is 0 Å². The molecule has 25 heavy (non-hydrogen) atoms. The van der Waals surface area contributed by atoms with Crippen molar-refractivity contribution in [1.29, 1.82) is 0 Å². The summed E-state index contributed by atoms with van der Waals surface area (Å²) in [5, 5.41) is 4.41. The molecule has 0 saturated heterocycles. The molecule has 1 N–H and O–H groups in total. The molecule has 0 radical (unpaired) electrons. The second-order valence-corrected chi connectivity index (χ2v) is 8.73. The SMILES string of the molecule is CCS(=O)(=O)NCC[C@@H]1CN(Cc2ccc(C)o2)Cc2ccnn2C1. The second-order valence-electron chi connectivity index (χ2n) is 6.64. The second kappa shape index (κ2) is 7.72. The molecule has 0 aliphatic carbocycles. The quantitative estimate of drug-likeness (QED) is 0.807. The van der Waals surface area contributed by atoms with Crippen LogP contribution in [-0.2, 0) is 29.7 Å². The number of nitrogens with one attached hydrogen (secondary N) is 1.